The monoisotopic (exact) mass is 446 g/mol. The summed E-state index contributed by atoms with van der Waals surface area (Å²) in [5.41, 5.74) is 4.28. The summed E-state index contributed by atoms with van der Waals surface area (Å²) in [6, 6.07) is 12.6. The number of fused-ring (bicyclic) bond motifs is 7. The number of hydrogen-bond donors (Lipinski definition) is 0. The minimum atomic E-state index is -0.220. The van der Waals surface area contributed by atoms with Crippen LogP contribution in [-0.4, -0.2) is 15.8 Å². The Morgan fingerprint density at radius 3 is 2.56 bits per heavy atom. The molecular formula is C27H27ClN2O2. The first-order valence-corrected chi connectivity index (χ1v) is 12.3. The molecule has 0 unspecified atom stereocenters. The summed E-state index contributed by atoms with van der Waals surface area (Å²) in [5, 5.41) is 0.970. The minimum Gasteiger partial charge on any atom is -0.303 e. The third-order valence-corrected chi connectivity index (χ3v) is 8.53. The molecule has 2 heterocycles. The Balaban J connectivity index is 1.56. The molecule has 0 atom stereocenters. The number of nitrogens with zero attached hydrogens (tertiary/aromatic N) is 2. The number of aromatic nitrogens is 2. The molecule has 3 aromatic rings. The number of rotatable bonds is 2. The molecule has 2 fully saturated rings. The largest absolute Gasteiger partial charge is 0.303 e. The molecule has 0 N–H and O–H groups in total. The molecule has 164 valence electrons. The third-order valence-electron chi connectivity index (χ3n) is 8.21. The number of carbonyl (C=O) groups is 1. The van der Waals surface area contributed by atoms with Crippen LogP contribution in [0.3, 0.4) is 0 Å². The molecule has 2 saturated carbocycles. The molecule has 6 rings (SSSR count). The van der Waals surface area contributed by atoms with Crippen LogP contribution in [0.4, 0.5) is 0 Å². The van der Waals surface area contributed by atoms with E-state index < -0.39 is 0 Å². The highest BCUT2D eigenvalue weighted by Gasteiger charge is 2.46. The number of carbonyl (C=O) groups excluding carboxylic acids is 1. The lowest BCUT2D eigenvalue weighted by molar-refractivity contribution is -0.111. The summed E-state index contributed by atoms with van der Waals surface area (Å²) in [6.07, 6.45) is 10.8. The fraction of sp³-hybridized carbons (Fsp3) is 0.444. The fourth-order valence-electron chi connectivity index (χ4n) is 6.54. The van der Waals surface area contributed by atoms with Gasteiger partial charge in [-0.15, -0.1) is 0 Å². The summed E-state index contributed by atoms with van der Waals surface area (Å²) < 4.78 is 2.20. The van der Waals surface area contributed by atoms with E-state index in [-0.39, 0.29) is 16.9 Å². The average Bonchev–Trinajstić information content (AvgIpc) is 3.08. The van der Waals surface area contributed by atoms with Crippen molar-refractivity contribution in [3.63, 3.8) is 0 Å². The van der Waals surface area contributed by atoms with Crippen molar-refractivity contribution in [1.29, 1.82) is 0 Å². The van der Waals surface area contributed by atoms with Gasteiger partial charge in [0, 0.05) is 5.92 Å². The van der Waals surface area contributed by atoms with E-state index >= 15 is 0 Å². The molecule has 2 aromatic carbocycles. The maximum absolute atomic E-state index is 13.1. The van der Waals surface area contributed by atoms with Gasteiger partial charge < -0.3 is 4.79 Å². The molecule has 0 bridgehead atoms. The molecule has 4 nitrogen and oxygen atoms in total. The Labute approximate surface area is 192 Å². The molecule has 3 aliphatic rings. The van der Waals surface area contributed by atoms with Crippen molar-refractivity contribution in [3.8, 4) is 5.69 Å². The molecule has 0 saturated heterocycles. The Hall–Kier alpha value is -2.46. The number of halogens is 1. The van der Waals surface area contributed by atoms with Crippen LogP contribution in [-0.2, 0) is 10.2 Å². The lowest BCUT2D eigenvalue weighted by atomic mass is 9.69. The molecule has 32 heavy (non-hydrogen) atoms. The van der Waals surface area contributed by atoms with Crippen molar-refractivity contribution in [2.45, 2.75) is 69.1 Å². The predicted molar refractivity (Wildman–Crippen MR) is 127 cm³/mol. The van der Waals surface area contributed by atoms with Crippen molar-refractivity contribution in [2.75, 3.05) is 0 Å². The van der Waals surface area contributed by atoms with Gasteiger partial charge in [0.25, 0.3) is 5.56 Å². The van der Waals surface area contributed by atoms with E-state index in [0.29, 0.717) is 16.3 Å². The highest BCUT2D eigenvalue weighted by molar-refractivity contribution is 6.35. The van der Waals surface area contributed by atoms with Crippen molar-refractivity contribution >= 4 is 28.8 Å². The maximum atomic E-state index is 13.1. The zero-order chi connectivity index (χ0) is 21.9. The Morgan fingerprint density at radius 2 is 1.81 bits per heavy atom. The lowest BCUT2D eigenvalue weighted by Gasteiger charge is -2.34. The van der Waals surface area contributed by atoms with E-state index in [2.05, 4.69) is 27.8 Å². The van der Waals surface area contributed by atoms with E-state index in [1.165, 1.54) is 17.5 Å². The Bertz CT molecular complexity index is 1280. The normalized spacial score (nSPS) is 23.8. The van der Waals surface area contributed by atoms with Gasteiger partial charge in [-0.1, -0.05) is 49.1 Å². The second-order valence-electron chi connectivity index (χ2n) is 9.88. The van der Waals surface area contributed by atoms with Crippen LogP contribution in [0.5, 0.6) is 0 Å². The molecule has 1 aromatic heterocycles. The summed E-state index contributed by atoms with van der Waals surface area (Å²) in [6.45, 7) is 0. The zero-order valence-corrected chi connectivity index (χ0v) is 18.9. The van der Waals surface area contributed by atoms with Crippen LogP contribution >= 0.6 is 11.6 Å². The van der Waals surface area contributed by atoms with Crippen molar-refractivity contribution in [3.05, 3.63) is 68.7 Å². The van der Waals surface area contributed by atoms with Crippen LogP contribution < -0.4 is 5.56 Å². The highest BCUT2D eigenvalue weighted by atomic mass is 35.5. The van der Waals surface area contributed by atoms with Crippen molar-refractivity contribution in [1.82, 2.24) is 9.55 Å². The molecular weight excluding hydrogens is 420 g/mol. The van der Waals surface area contributed by atoms with Gasteiger partial charge in [0.15, 0.2) is 0 Å². The van der Waals surface area contributed by atoms with E-state index in [4.69, 9.17) is 11.6 Å². The first kappa shape index (κ1) is 20.2. The fourth-order valence-corrected chi connectivity index (χ4v) is 6.79. The molecule has 0 radical (unpaired) electrons. The van der Waals surface area contributed by atoms with Gasteiger partial charge in [-0.05, 0) is 73.8 Å². The van der Waals surface area contributed by atoms with Crippen molar-refractivity contribution < 1.29 is 4.79 Å². The summed E-state index contributed by atoms with van der Waals surface area (Å²) in [7, 11) is 0. The van der Waals surface area contributed by atoms with E-state index in [9.17, 15) is 9.59 Å². The standard InChI is InChI=1S/C27H27ClN2O2/c28-21-5-4-6-23-24(21)25(32)29-26-27(13-2-1-3-14-27)20-15-19(11-12-22(20)30(23)26)18-9-7-17(16-31)8-10-18/h4-6,11-12,15-18H,1-3,7-10,13-14H2. The number of aldehydes is 1. The van der Waals surface area contributed by atoms with Gasteiger partial charge in [-0.3, -0.25) is 9.36 Å². The molecule has 1 aliphatic heterocycles. The first-order chi connectivity index (χ1) is 15.6. The summed E-state index contributed by atoms with van der Waals surface area (Å²) in [5.74, 6) is 1.62. The van der Waals surface area contributed by atoms with Crippen LogP contribution in [0, 0.1) is 5.92 Å². The average molecular weight is 447 g/mol. The summed E-state index contributed by atoms with van der Waals surface area (Å²) in [4.78, 5) is 29.0. The molecule has 5 heteroatoms. The minimum absolute atomic E-state index is 0.195. The van der Waals surface area contributed by atoms with E-state index in [1.54, 1.807) is 6.07 Å². The second kappa shape index (κ2) is 7.55. The predicted octanol–water partition coefficient (Wildman–Crippen LogP) is 6.08. The molecule has 2 aliphatic carbocycles. The third kappa shape index (κ3) is 2.85. The SMILES string of the molecule is O=CC1CCC(c2ccc3c(c2)C2(CCCCC2)c2nc(=O)c4c(Cl)cccc4n2-3)CC1. The smallest absolute Gasteiger partial charge is 0.282 e. The first-order valence-electron chi connectivity index (χ1n) is 11.9. The van der Waals surface area contributed by atoms with Crippen LogP contribution in [0.15, 0.2) is 41.2 Å². The molecule has 0 amide bonds. The van der Waals surface area contributed by atoms with Crippen LogP contribution in [0.2, 0.25) is 5.02 Å². The van der Waals surface area contributed by atoms with Gasteiger partial charge in [0.2, 0.25) is 0 Å². The van der Waals surface area contributed by atoms with Gasteiger partial charge in [0.1, 0.15) is 12.1 Å². The second-order valence-corrected chi connectivity index (χ2v) is 10.3. The van der Waals surface area contributed by atoms with Crippen LogP contribution in [0.25, 0.3) is 16.6 Å². The quantitative estimate of drug-likeness (QED) is 0.448. The zero-order valence-electron chi connectivity index (χ0n) is 18.1. The molecule has 1 spiro atoms. The van der Waals surface area contributed by atoms with Gasteiger partial charge in [-0.25, -0.2) is 0 Å². The number of hydrogen-bond acceptors (Lipinski definition) is 3. The van der Waals surface area contributed by atoms with Gasteiger partial charge >= 0.3 is 0 Å². The van der Waals surface area contributed by atoms with Gasteiger partial charge in [0.05, 0.1) is 27.0 Å². The van der Waals surface area contributed by atoms with Crippen LogP contribution in [0.1, 0.15) is 80.7 Å². The topological polar surface area (TPSA) is 52.0 Å². The van der Waals surface area contributed by atoms with E-state index in [0.717, 1.165) is 74.7 Å². The maximum Gasteiger partial charge on any atom is 0.282 e. The Morgan fingerprint density at radius 1 is 1.03 bits per heavy atom. The van der Waals surface area contributed by atoms with Crippen molar-refractivity contribution in [2.24, 2.45) is 5.92 Å². The lowest BCUT2D eigenvalue weighted by Crippen LogP contribution is -2.32. The van der Waals surface area contributed by atoms with E-state index in [1.807, 2.05) is 12.1 Å². The number of benzene rings is 2. The van der Waals surface area contributed by atoms with Gasteiger partial charge in [-0.2, -0.15) is 4.98 Å². The Kier molecular flexibility index (Phi) is 4.76. The highest BCUT2D eigenvalue weighted by Crippen LogP contribution is 2.52. The summed E-state index contributed by atoms with van der Waals surface area (Å²) >= 11 is 6.44.